The topological polar surface area (TPSA) is 58.6 Å². The summed E-state index contributed by atoms with van der Waals surface area (Å²) < 4.78 is 18.8. The maximum atomic E-state index is 13.3. The minimum atomic E-state index is -0.377. The van der Waals surface area contributed by atoms with Crippen molar-refractivity contribution in [3.05, 3.63) is 42.2 Å². The number of rotatable bonds is 4. The molecule has 0 radical (unpaired) electrons. The molecule has 6 heteroatoms. The molecule has 1 aromatic rings. The van der Waals surface area contributed by atoms with E-state index in [9.17, 15) is 14.0 Å². The van der Waals surface area contributed by atoms with Crippen LogP contribution in [0.2, 0.25) is 0 Å². The molecule has 112 valence electrons. The fourth-order valence-corrected chi connectivity index (χ4v) is 2.20. The highest BCUT2D eigenvalue weighted by atomic mass is 19.1. The molecule has 21 heavy (non-hydrogen) atoms. The van der Waals surface area contributed by atoms with Gasteiger partial charge in [-0.1, -0.05) is 6.58 Å². The quantitative estimate of drug-likeness (QED) is 0.854. The lowest BCUT2D eigenvalue weighted by molar-refractivity contribution is -0.131. The first-order chi connectivity index (χ1) is 10.0. The molecule has 0 fully saturated rings. The van der Waals surface area contributed by atoms with Crippen molar-refractivity contribution in [1.29, 1.82) is 0 Å². The van der Waals surface area contributed by atoms with Crippen molar-refractivity contribution in [3.63, 3.8) is 0 Å². The van der Waals surface area contributed by atoms with Gasteiger partial charge in [0.1, 0.15) is 11.6 Å². The van der Waals surface area contributed by atoms with Gasteiger partial charge in [-0.2, -0.15) is 0 Å². The Morgan fingerprint density at radius 3 is 3.05 bits per heavy atom. The van der Waals surface area contributed by atoms with Gasteiger partial charge in [0.05, 0.1) is 19.2 Å². The van der Waals surface area contributed by atoms with Gasteiger partial charge in [0.2, 0.25) is 11.8 Å². The largest absolute Gasteiger partial charge is 0.493 e. The Morgan fingerprint density at radius 1 is 1.57 bits per heavy atom. The molecule has 1 unspecified atom stereocenters. The van der Waals surface area contributed by atoms with E-state index in [1.165, 1.54) is 24.1 Å². The second-order valence-electron chi connectivity index (χ2n) is 4.84. The molecule has 1 heterocycles. The number of amides is 2. The predicted molar refractivity (Wildman–Crippen MR) is 75.2 cm³/mol. The van der Waals surface area contributed by atoms with Gasteiger partial charge in [0.25, 0.3) is 0 Å². The lowest BCUT2D eigenvalue weighted by atomic mass is 10.0. The smallest absolute Gasteiger partial charge is 0.246 e. The van der Waals surface area contributed by atoms with Crippen LogP contribution in [-0.2, 0) is 9.59 Å². The van der Waals surface area contributed by atoms with Gasteiger partial charge in [-0.3, -0.25) is 9.59 Å². The van der Waals surface area contributed by atoms with E-state index >= 15 is 0 Å². The molecule has 1 aliphatic rings. The number of halogens is 1. The number of hydrogen-bond acceptors (Lipinski definition) is 3. The zero-order valence-corrected chi connectivity index (χ0v) is 11.8. The van der Waals surface area contributed by atoms with Gasteiger partial charge in [0.15, 0.2) is 0 Å². The first-order valence-electron chi connectivity index (χ1n) is 6.60. The molecule has 0 bridgehead atoms. The standard InChI is InChI=1S/C15H17FN2O3/c1-3-15(20)18(2)9-14(19)17-12-6-7-21-13-5-4-10(16)8-11(12)13/h3-5,8,12H,1,6-7,9H2,2H3,(H,17,19). The predicted octanol–water partition coefficient (Wildman–Crippen LogP) is 1.41. The average molecular weight is 292 g/mol. The maximum absolute atomic E-state index is 13.3. The Labute approximate surface area is 122 Å². The Morgan fingerprint density at radius 2 is 2.33 bits per heavy atom. The van der Waals surface area contributed by atoms with Crippen molar-refractivity contribution in [1.82, 2.24) is 10.2 Å². The molecule has 2 amide bonds. The molecule has 0 aliphatic carbocycles. The molecule has 1 aliphatic heterocycles. The summed E-state index contributed by atoms with van der Waals surface area (Å²) in [5, 5.41) is 2.80. The van der Waals surface area contributed by atoms with Crippen molar-refractivity contribution < 1.29 is 18.7 Å². The van der Waals surface area contributed by atoms with Crippen LogP contribution >= 0.6 is 0 Å². The molecule has 5 nitrogen and oxygen atoms in total. The van der Waals surface area contributed by atoms with E-state index in [-0.39, 0.29) is 30.2 Å². The Hall–Kier alpha value is -2.37. The molecule has 0 spiro atoms. The van der Waals surface area contributed by atoms with Gasteiger partial charge < -0.3 is 15.0 Å². The number of likely N-dealkylation sites (N-methyl/N-ethyl adjacent to an activating group) is 1. The summed E-state index contributed by atoms with van der Waals surface area (Å²) in [6, 6.07) is 3.91. The normalized spacial score (nSPS) is 16.4. The van der Waals surface area contributed by atoms with Crippen molar-refractivity contribution in [2.24, 2.45) is 0 Å². The van der Waals surface area contributed by atoms with E-state index in [4.69, 9.17) is 4.74 Å². The van der Waals surface area contributed by atoms with Crippen LogP contribution in [0.3, 0.4) is 0 Å². The molecule has 0 saturated heterocycles. The number of carbonyl (C=O) groups is 2. The number of fused-ring (bicyclic) bond motifs is 1. The Kier molecular flexibility index (Phi) is 4.57. The van der Waals surface area contributed by atoms with Crippen LogP contribution in [0.5, 0.6) is 5.75 Å². The van der Waals surface area contributed by atoms with Crippen molar-refractivity contribution >= 4 is 11.8 Å². The SMILES string of the molecule is C=CC(=O)N(C)CC(=O)NC1CCOc2ccc(F)cc21. The summed E-state index contributed by atoms with van der Waals surface area (Å²) >= 11 is 0. The van der Waals surface area contributed by atoms with E-state index < -0.39 is 0 Å². The molecule has 1 N–H and O–H groups in total. The second-order valence-corrected chi connectivity index (χ2v) is 4.84. The number of hydrogen-bond donors (Lipinski definition) is 1. The van der Waals surface area contributed by atoms with Crippen LogP contribution in [0.1, 0.15) is 18.0 Å². The van der Waals surface area contributed by atoms with E-state index in [1.807, 2.05) is 0 Å². The lowest BCUT2D eigenvalue weighted by Gasteiger charge is -2.27. The summed E-state index contributed by atoms with van der Waals surface area (Å²) in [7, 11) is 1.52. The molecule has 0 saturated carbocycles. The zero-order valence-electron chi connectivity index (χ0n) is 11.8. The second kappa shape index (κ2) is 6.39. The van der Waals surface area contributed by atoms with E-state index in [0.717, 1.165) is 6.08 Å². The van der Waals surface area contributed by atoms with Crippen LogP contribution < -0.4 is 10.1 Å². The fraction of sp³-hybridized carbons (Fsp3) is 0.333. The average Bonchev–Trinajstić information content (AvgIpc) is 2.46. The third kappa shape index (κ3) is 3.59. The third-order valence-electron chi connectivity index (χ3n) is 3.28. The summed E-state index contributed by atoms with van der Waals surface area (Å²) in [4.78, 5) is 24.6. The minimum absolute atomic E-state index is 0.0765. The molecule has 1 aromatic carbocycles. The highest BCUT2D eigenvalue weighted by molar-refractivity contribution is 5.90. The third-order valence-corrected chi connectivity index (χ3v) is 3.28. The minimum Gasteiger partial charge on any atom is -0.493 e. The van der Waals surface area contributed by atoms with Crippen LogP contribution in [0.4, 0.5) is 4.39 Å². The number of carbonyl (C=O) groups excluding carboxylic acids is 2. The van der Waals surface area contributed by atoms with Crippen LogP contribution in [0.25, 0.3) is 0 Å². The highest BCUT2D eigenvalue weighted by Crippen LogP contribution is 2.32. The van der Waals surface area contributed by atoms with E-state index in [1.54, 1.807) is 6.07 Å². The molecule has 1 atom stereocenters. The summed E-state index contributed by atoms with van der Waals surface area (Å²) in [5.74, 6) is -0.445. The van der Waals surface area contributed by atoms with E-state index in [2.05, 4.69) is 11.9 Å². The Balaban J connectivity index is 2.04. The fourth-order valence-electron chi connectivity index (χ4n) is 2.20. The van der Waals surface area contributed by atoms with Gasteiger partial charge in [-0.25, -0.2) is 4.39 Å². The molecule has 0 aromatic heterocycles. The number of nitrogens with zero attached hydrogens (tertiary/aromatic N) is 1. The monoisotopic (exact) mass is 292 g/mol. The molecule has 2 rings (SSSR count). The summed E-state index contributed by atoms with van der Waals surface area (Å²) in [6.07, 6.45) is 1.70. The number of nitrogens with one attached hydrogen (secondary N) is 1. The molecular weight excluding hydrogens is 275 g/mol. The van der Waals surface area contributed by atoms with Crippen molar-refractivity contribution in [2.75, 3.05) is 20.2 Å². The first kappa shape index (κ1) is 15.0. The van der Waals surface area contributed by atoms with Gasteiger partial charge >= 0.3 is 0 Å². The van der Waals surface area contributed by atoms with Crippen molar-refractivity contribution in [3.8, 4) is 5.75 Å². The Bertz CT molecular complexity index is 574. The number of benzene rings is 1. The summed E-state index contributed by atoms with van der Waals surface area (Å²) in [6.45, 7) is 3.74. The number of ether oxygens (including phenoxy) is 1. The van der Waals surface area contributed by atoms with Gasteiger partial charge in [-0.15, -0.1) is 0 Å². The highest BCUT2D eigenvalue weighted by Gasteiger charge is 2.24. The first-order valence-corrected chi connectivity index (χ1v) is 6.60. The molecular formula is C15H17FN2O3. The van der Waals surface area contributed by atoms with Crippen molar-refractivity contribution in [2.45, 2.75) is 12.5 Å². The van der Waals surface area contributed by atoms with Crippen LogP contribution in [0.15, 0.2) is 30.9 Å². The van der Waals surface area contributed by atoms with E-state index in [0.29, 0.717) is 24.3 Å². The van der Waals surface area contributed by atoms with Gasteiger partial charge in [0, 0.05) is 19.0 Å². The zero-order chi connectivity index (χ0) is 15.4. The maximum Gasteiger partial charge on any atom is 0.246 e. The lowest BCUT2D eigenvalue weighted by Crippen LogP contribution is -2.40. The summed E-state index contributed by atoms with van der Waals surface area (Å²) in [5.41, 5.74) is 0.618. The van der Waals surface area contributed by atoms with Crippen LogP contribution in [-0.4, -0.2) is 36.9 Å². The van der Waals surface area contributed by atoms with Crippen LogP contribution in [0, 0.1) is 5.82 Å². The van der Waals surface area contributed by atoms with Gasteiger partial charge in [-0.05, 0) is 24.3 Å².